The summed E-state index contributed by atoms with van der Waals surface area (Å²) >= 11 is 1.38. The highest BCUT2D eigenvalue weighted by Gasteiger charge is 2.14. The Morgan fingerprint density at radius 1 is 1.42 bits per heavy atom. The fraction of sp³-hybridized carbons (Fsp3) is 0.714. The van der Waals surface area contributed by atoms with Crippen LogP contribution in [0.5, 0.6) is 0 Å². The number of carbonyl (C=O) groups excluding carboxylic acids is 1. The number of anilines is 1. The van der Waals surface area contributed by atoms with Crippen molar-refractivity contribution in [1.82, 2.24) is 9.27 Å². The lowest BCUT2D eigenvalue weighted by Crippen LogP contribution is -2.27. The lowest BCUT2D eigenvalue weighted by Gasteiger charge is -2.20. The third-order valence-corrected chi connectivity index (χ3v) is 4.22. The van der Waals surface area contributed by atoms with Gasteiger partial charge in [0.05, 0.1) is 11.3 Å². The lowest BCUT2D eigenvalue weighted by molar-refractivity contribution is 0.101. The van der Waals surface area contributed by atoms with Crippen LogP contribution in [-0.4, -0.2) is 41.2 Å². The summed E-state index contributed by atoms with van der Waals surface area (Å²) in [6, 6.07) is 0.599. The maximum atomic E-state index is 11.5. The summed E-state index contributed by atoms with van der Waals surface area (Å²) in [5.41, 5.74) is 1.59. The van der Waals surface area contributed by atoms with Crippen LogP contribution in [0.15, 0.2) is 0 Å². The molecule has 0 saturated carbocycles. The van der Waals surface area contributed by atoms with Crippen LogP contribution in [0, 0.1) is 6.92 Å². The van der Waals surface area contributed by atoms with Crippen LogP contribution in [0.3, 0.4) is 0 Å². The quantitative estimate of drug-likeness (QED) is 0.588. The highest BCUT2D eigenvalue weighted by atomic mass is 32.1. The van der Waals surface area contributed by atoms with Crippen LogP contribution >= 0.6 is 11.5 Å². The molecule has 1 aromatic rings. The molecule has 19 heavy (non-hydrogen) atoms. The number of hydrogen-bond donors (Lipinski definition) is 1. The average molecular weight is 283 g/mol. The fourth-order valence-corrected chi connectivity index (χ4v) is 2.72. The van der Waals surface area contributed by atoms with Gasteiger partial charge in [-0.1, -0.05) is 0 Å². The minimum atomic E-state index is 0.0910. The maximum absolute atomic E-state index is 11.5. The van der Waals surface area contributed by atoms with E-state index in [0.29, 0.717) is 6.04 Å². The highest BCUT2D eigenvalue weighted by molar-refractivity contribution is 7.10. The minimum absolute atomic E-state index is 0.0910. The van der Waals surface area contributed by atoms with Crippen molar-refractivity contribution in [2.75, 3.05) is 25.5 Å². The zero-order valence-corrected chi connectivity index (χ0v) is 13.4. The summed E-state index contributed by atoms with van der Waals surface area (Å²) < 4.78 is 4.24. The van der Waals surface area contributed by atoms with Gasteiger partial charge in [0.25, 0.3) is 0 Å². The number of rotatable bonds is 8. The number of carbonyl (C=O) groups is 1. The monoisotopic (exact) mass is 283 g/mol. The molecule has 0 aliphatic heterocycles. The molecule has 0 aromatic carbocycles. The van der Waals surface area contributed by atoms with Crippen molar-refractivity contribution in [3.63, 3.8) is 0 Å². The van der Waals surface area contributed by atoms with E-state index in [1.807, 2.05) is 6.92 Å². The Morgan fingerprint density at radius 2 is 2.11 bits per heavy atom. The van der Waals surface area contributed by atoms with Gasteiger partial charge in [0.15, 0.2) is 5.78 Å². The molecule has 0 aliphatic rings. The van der Waals surface area contributed by atoms with Crippen LogP contribution in [0.2, 0.25) is 0 Å². The number of nitrogens with one attached hydrogen (secondary N) is 1. The van der Waals surface area contributed by atoms with Crippen LogP contribution in [0.1, 0.15) is 49.7 Å². The molecule has 0 radical (unpaired) electrons. The Balaban J connectivity index is 2.32. The van der Waals surface area contributed by atoms with Crippen LogP contribution in [-0.2, 0) is 0 Å². The number of aromatic nitrogens is 1. The molecule has 108 valence electrons. The van der Waals surface area contributed by atoms with Gasteiger partial charge in [-0.25, -0.2) is 0 Å². The predicted molar refractivity (Wildman–Crippen MR) is 82.3 cm³/mol. The molecular formula is C14H25N3OS. The molecule has 0 spiro atoms. The molecule has 1 rings (SSSR count). The van der Waals surface area contributed by atoms with E-state index in [1.54, 1.807) is 6.92 Å². The molecule has 0 bridgehead atoms. The standard InChI is InChI=1S/C14H25N3OS/c1-10(2)17(5)9-7-6-8-15-14-13(12(4)18)11(3)16-19-14/h10,15H,6-9H2,1-5H3. The first-order valence-electron chi connectivity index (χ1n) is 6.84. The van der Waals surface area contributed by atoms with Crippen LogP contribution in [0.25, 0.3) is 0 Å². The zero-order valence-electron chi connectivity index (χ0n) is 12.6. The Morgan fingerprint density at radius 3 is 2.68 bits per heavy atom. The Bertz CT molecular complexity index is 415. The van der Waals surface area contributed by atoms with E-state index >= 15 is 0 Å². The Labute approximate surface area is 120 Å². The number of unbranched alkanes of at least 4 members (excludes halogenated alkanes) is 1. The molecule has 0 saturated heterocycles. The van der Waals surface area contributed by atoms with E-state index in [1.165, 1.54) is 11.5 Å². The summed E-state index contributed by atoms with van der Waals surface area (Å²) in [6.45, 7) is 9.90. The summed E-state index contributed by atoms with van der Waals surface area (Å²) in [5.74, 6) is 0.0910. The van der Waals surface area contributed by atoms with E-state index in [4.69, 9.17) is 0 Å². The van der Waals surface area contributed by atoms with Gasteiger partial charge in [0.1, 0.15) is 5.00 Å². The second-order valence-electron chi connectivity index (χ2n) is 5.24. The lowest BCUT2D eigenvalue weighted by atomic mass is 10.2. The van der Waals surface area contributed by atoms with Crippen molar-refractivity contribution in [2.24, 2.45) is 0 Å². The molecule has 1 aromatic heterocycles. The maximum Gasteiger partial charge on any atom is 0.164 e. The van der Waals surface area contributed by atoms with E-state index in [0.717, 1.165) is 42.2 Å². The van der Waals surface area contributed by atoms with E-state index in [9.17, 15) is 4.79 Å². The van der Waals surface area contributed by atoms with Crippen molar-refractivity contribution in [3.8, 4) is 0 Å². The second kappa shape index (κ2) is 7.60. The fourth-order valence-electron chi connectivity index (χ4n) is 1.85. The first-order valence-corrected chi connectivity index (χ1v) is 7.62. The molecule has 1 heterocycles. The zero-order chi connectivity index (χ0) is 14.4. The van der Waals surface area contributed by atoms with Gasteiger partial charge in [-0.3, -0.25) is 4.79 Å². The first kappa shape index (κ1) is 16.1. The number of nitrogens with zero attached hydrogens (tertiary/aromatic N) is 2. The van der Waals surface area contributed by atoms with Gasteiger partial charge in [-0.2, -0.15) is 4.37 Å². The SMILES string of the molecule is CC(=O)c1c(C)nsc1NCCCCN(C)C(C)C. The molecule has 0 atom stereocenters. The number of hydrogen-bond acceptors (Lipinski definition) is 5. The van der Waals surface area contributed by atoms with Crippen LogP contribution < -0.4 is 5.32 Å². The summed E-state index contributed by atoms with van der Waals surface area (Å²) in [6.07, 6.45) is 2.26. The molecular weight excluding hydrogens is 258 g/mol. The molecule has 5 heteroatoms. The molecule has 0 unspecified atom stereocenters. The van der Waals surface area contributed by atoms with Crippen molar-refractivity contribution in [1.29, 1.82) is 0 Å². The van der Waals surface area contributed by atoms with Gasteiger partial charge in [0, 0.05) is 12.6 Å². The van der Waals surface area contributed by atoms with Gasteiger partial charge in [-0.05, 0) is 65.7 Å². The third-order valence-electron chi connectivity index (χ3n) is 3.32. The van der Waals surface area contributed by atoms with Gasteiger partial charge in [-0.15, -0.1) is 0 Å². The number of aryl methyl sites for hydroxylation is 1. The predicted octanol–water partition coefficient (Wildman–Crippen LogP) is 3.19. The molecule has 0 aliphatic carbocycles. The molecule has 1 N–H and O–H groups in total. The molecule has 4 nitrogen and oxygen atoms in total. The van der Waals surface area contributed by atoms with Crippen LogP contribution in [0.4, 0.5) is 5.00 Å². The van der Waals surface area contributed by atoms with Gasteiger partial charge in [0.2, 0.25) is 0 Å². The Hall–Kier alpha value is -0.940. The largest absolute Gasteiger partial charge is 0.375 e. The van der Waals surface area contributed by atoms with E-state index < -0.39 is 0 Å². The summed E-state index contributed by atoms with van der Waals surface area (Å²) in [7, 11) is 2.15. The summed E-state index contributed by atoms with van der Waals surface area (Å²) in [5, 5.41) is 4.25. The third kappa shape index (κ3) is 4.91. The number of Topliss-reactive ketones (excluding diaryl/α,β-unsaturated/α-hetero) is 1. The molecule has 0 amide bonds. The first-order chi connectivity index (χ1) is 8.93. The van der Waals surface area contributed by atoms with Crippen molar-refractivity contribution < 1.29 is 4.79 Å². The van der Waals surface area contributed by atoms with Gasteiger partial charge < -0.3 is 10.2 Å². The van der Waals surface area contributed by atoms with Crippen molar-refractivity contribution >= 4 is 22.3 Å². The topological polar surface area (TPSA) is 45.2 Å². The Kier molecular flexibility index (Phi) is 6.45. The van der Waals surface area contributed by atoms with Gasteiger partial charge >= 0.3 is 0 Å². The number of ketones is 1. The van der Waals surface area contributed by atoms with Crippen molar-refractivity contribution in [3.05, 3.63) is 11.3 Å². The van der Waals surface area contributed by atoms with Crippen molar-refractivity contribution in [2.45, 2.75) is 46.6 Å². The highest BCUT2D eigenvalue weighted by Crippen LogP contribution is 2.24. The normalized spacial score (nSPS) is 11.3. The average Bonchev–Trinajstić information content (AvgIpc) is 2.69. The summed E-state index contributed by atoms with van der Waals surface area (Å²) in [4.78, 5) is 13.9. The smallest absolute Gasteiger partial charge is 0.164 e. The molecule has 0 fully saturated rings. The van der Waals surface area contributed by atoms with E-state index in [-0.39, 0.29) is 5.78 Å². The van der Waals surface area contributed by atoms with E-state index in [2.05, 4.69) is 35.5 Å². The second-order valence-corrected chi connectivity index (χ2v) is 6.01. The minimum Gasteiger partial charge on any atom is -0.375 e.